The minimum atomic E-state index is 0. The number of hydrogen-bond donors (Lipinski definition) is 0. The van der Waals surface area contributed by atoms with Crippen molar-refractivity contribution in [1.29, 1.82) is 0 Å². The summed E-state index contributed by atoms with van der Waals surface area (Å²) in [6.07, 6.45) is 0. The summed E-state index contributed by atoms with van der Waals surface area (Å²) in [6, 6.07) is 0. The summed E-state index contributed by atoms with van der Waals surface area (Å²) in [7, 11) is 0. The Bertz CT molecular complexity index is 21.3. The maximum Gasteiger partial charge on any atom is 0.0359 e. The van der Waals surface area contributed by atoms with E-state index in [4.69, 9.17) is 23.2 Å². The average molecular weight is 187 g/mol. The van der Waals surface area contributed by atoms with Crippen LogP contribution in [0.3, 0.4) is 0 Å². The van der Waals surface area contributed by atoms with E-state index in [1.165, 1.54) is 0 Å². The van der Waals surface area contributed by atoms with Crippen LogP contribution in [0.25, 0.3) is 0 Å². The summed E-state index contributed by atoms with van der Waals surface area (Å²) in [5, 5.41) is 0. The molecule has 0 rings (SSSR count). The van der Waals surface area contributed by atoms with Gasteiger partial charge in [-0.3, -0.25) is 14.1 Å². The molecule has 0 nitrogen and oxygen atoms in total. The van der Waals surface area contributed by atoms with Crippen molar-refractivity contribution in [3.63, 3.8) is 0 Å². The van der Waals surface area contributed by atoms with Crippen molar-refractivity contribution in [2.75, 3.05) is 11.8 Å². The van der Waals surface area contributed by atoms with E-state index in [0.717, 1.165) is 0 Å². The molecule has 0 heterocycles. The van der Waals surface area contributed by atoms with Crippen LogP contribution < -0.4 is 0 Å². The molecule has 0 radical (unpaired) electrons. The summed E-state index contributed by atoms with van der Waals surface area (Å²) in [4.78, 5) is 0. The van der Waals surface area contributed by atoms with Gasteiger partial charge in [0.15, 0.2) is 0 Å². The zero-order chi connectivity index (χ0) is 5.41. The summed E-state index contributed by atoms with van der Waals surface area (Å²) in [5.74, 6) is 1.11. The average Bonchev–Trinajstić information content (AvgIpc) is 1.72. The van der Waals surface area contributed by atoms with Gasteiger partial charge in [-0.1, -0.05) is 0 Å². The molecule has 0 fully saturated rings. The molecule has 0 N–H and O–H groups in total. The van der Waals surface area contributed by atoms with Gasteiger partial charge >= 0.3 is 0 Å². The first kappa shape index (κ1) is 35.5. The quantitative estimate of drug-likeness (QED) is 0.437. The van der Waals surface area contributed by atoms with Gasteiger partial charge in [0, 0.05) is 11.8 Å². The lowest BCUT2D eigenvalue weighted by Crippen LogP contribution is -1.63. The number of hydrogen-bond acceptors (Lipinski definition) is 0. The number of halogens is 5. The third-order valence-electron chi connectivity index (χ3n) is 0.0714. The van der Waals surface area contributed by atoms with Gasteiger partial charge in [0.1, 0.15) is 0 Å². The van der Waals surface area contributed by atoms with Crippen LogP contribution in [0.5, 0.6) is 0 Å². The molecule has 0 aliphatic rings. The second kappa shape index (κ2) is 92.1. The molecule has 0 atom stereocenters. The lowest BCUT2D eigenvalue weighted by molar-refractivity contribution is 1.11. The highest BCUT2D eigenvalue weighted by atomic mass is 35.5. The standard InChI is InChI=1S/C2H4Cl2.C2H4.3FH/c3-1-2-4;1-2;;;/h1-2H2;1-2H2;3*1H. The smallest absolute Gasteiger partial charge is 0.0359 e. The lowest BCUT2D eigenvalue weighted by Gasteiger charge is -1.63. The molecule has 0 aromatic rings. The molecule has 9 heavy (non-hydrogen) atoms. The van der Waals surface area contributed by atoms with Crippen molar-refractivity contribution in [2.45, 2.75) is 0 Å². The van der Waals surface area contributed by atoms with Gasteiger partial charge in [-0.15, -0.1) is 36.4 Å². The Morgan fingerprint density at radius 2 is 0.889 bits per heavy atom. The van der Waals surface area contributed by atoms with Crippen molar-refractivity contribution in [1.82, 2.24) is 0 Å². The Balaban J connectivity index is -0.00000000990. The SMILES string of the molecule is C=C.ClCCCl.F.F.F. The first-order valence-corrected chi connectivity index (χ1v) is 2.60. The monoisotopic (exact) mass is 186 g/mol. The molecule has 0 saturated heterocycles. The van der Waals surface area contributed by atoms with Gasteiger partial charge in [0.05, 0.1) is 0 Å². The fourth-order valence-corrected chi connectivity index (χ4v) is 0. The molecule has 0 amide bonds. The normalized spacial score (nSPS) is 3.78. The minimum Gasteiger partial charge on any atom is -0.269 e. The Kier molecular flexibility index (Phi) is 363. The molecular weight excluding hydrogens is 176 g/mol. The largest absolute Gasteiger partial charge is 0.269 e. The molecule has 0 aliphatic carbocycles. The zero-order valence-corrected chi connectivity index (χ0v) is 6.32. The predicted octanol–water partition coefficient (Wildman–Crippen LogP) is 2.72. The Labute approximate surface area is 62.9 Å². The van der Waals surface area contributed by atoms with Crippen LogP contribution >= 0.6 is 23.2 Å². The second-order valence-electron chi connectivity index (χ2n) is 0.378. The van der Waals surface area contributed by atoms with Gasteiger partial charge in [-0.05, 0) is 0 Å². The molecule has 0 aromatic carbocycles. The van der Waals surface area contributed by atoms with E-state index in [1.54, 1.807) is 0 Å². The van der Waals surface area contributed by atoms with E-state index in [9.17, 15) is 0 Å². The Morgan fingerprint density at radius 1 is 0.778 bits per heavy atom. The van der Waals surface area contributed by atoms with E-state index < -0.39 is 0 Å². The maximum atomic E-state index is 5.05. The number of alkyl halides is 2. The lowest BCUT2D eigenvalue weighted by atomic mass is 11.0. The third-order valence-corrected chi connectivity index (χ3v) is 0.643. The second-order valence-corrected chi connectivity index (χ2v) is 1.13. The Hall–Kier alpha value is 0.110. The van der Waals surface area contributed by atoms with Crippen LogP contribution in [0.4, 0.5) is 14.1 Å². The summed E-state index contributed by atoms with van der Waals surface area (Å²) < 4.78 is 0. The summed E-state index contributed by atoms with van der Waals surface area (Å²) >= 11 is 10.1. The zero-order valence-electron chi connectivity index (χ0n) is 4.81. The molecule has 62 valence electrons. The van der Waals surface area contributed by atoms with Gasteiger partial charge in [-0.25, -0.2) is 0 Å². The van der Waals surface area contributed by atoms with Crippen LogP contribution in [-0.2, 0) is 0 Å². The third kappa shape index (κ3) is 246. The first-order chi connectivity index (χ1) is 2.91. The van der Waals surface area contributed by atoms with Crippen LogP contribution in [0.2, 0.25) is 0 Å². The van der Waals surface area contributed by atoms with Gasteiger partial charge in [0.2, 0.25) is 0 Å². The molecule has 0 spiro atoms. The maximum absolute atomic E-state index is 5.05. The summed E-state index contributed by atoms with van der Waals surface area (Å²) in [5.41, 5.74) is 0. The molecule has 0 bridgehead atoms. The highest BCUT2D eigenvalue weighted by Crippen LogP contribution is 1.75. The fourth-order valence-electron chi connectivity index (χ4n) is 0. The molecule has 0 saturated carbocycles. The first-order valence-electron chi connectivity index (χ1n) is 1.53. The van der Waals surface area contributed by atoms with Crippen molar-refractivity contribution < 1.29 is 14.1 Å². The van der Waals surface area contributed by atoms with Crippen molar-refractivity contribution in [3.8, 4) is 0 Å². The molecule has 0 aliphatic heterocycles. The fraction of sp³-hybridized carbons (Fsp3) is 0.500. The van der Waals surface area contributed by atoms with Gasteiger partial charge < -0.3 is 0 Å². The van der Waals surface area contributed by atoms with Crippen molar-refractivity contribution in [3.05, 3.63) is 13.2 Å². The van der Waals surface area contributed by atoms with Crippen LogP contribution in [0.15, 0.2) is 13.2 Å². The highest BCUT2D eigenvalue weighted by Gasteiger charge is 1.61. The van der Waals surface area contributed by atoms with E-state index >= 15 is 0 Å². The summed E-state index contributed by atoms with van der Waals surface area (Å²) in [6.45, 7) is 6.00. The topological polar surface area (TPSA) is 0 Å². The van der Waals surface area contributed by atoms with E-state index in [1.807, 2.05) is 0 Å². The predicted molar refractivity (Wildman–Crippen MR) is 40.2 cm³/mol. The molecule has 5 heteroatoms. The van der Waals surface area contributed by atoms with Crippen LogP contribution in [-0.4, -0.2) is 11.8 Å². The number of rotatable bonds is 1. The Morgan fingerprint density at radius 3 is 0.889 bits per heavy atom. The van der Waals surface area contributed by atoms with E-state index in [2.05, 4.69) is 13.2 Å². The van der Waals surface area contributed by atoms with Gasteiger partial charge in [0.25, 0.3) is 0 Å². The van der Waals surface area contributed by atoms with Crippen molar-refractivity contribution in [2.24, 2.45) is 0 Å². The molecule has 0 aromatic heterocycles. The van der Waals surface area contributed by atoms with Crippen LogP contribution in [0.1, 0.15) is 0 Å². The van der Waals surface area contributed by atoms with E-state index in [0.29, 0.717) is 11.8 Å². The van der Waals surface area contributed by atoms with Crippen molar-refractivity contribution >= 4 is 23.2 Å². The van der Waals surface area contributed by atoms with E-state index in [-0.39, 0.29) is 14.1 Å². The van der Waals surface area contributed by atoms with Crippen LogP contribution in [0, 0.1) is 0 Å². The minimum absolute atomic E-state index is 0. The molecule has 0 unspecified atom stereocenters. The highest BCUT2D eigenvalue weighted by molar-refractivity contribution is 6.25. The molecular formula is C4H11Cl2F3. The van der Waals surface area contributed by atoms with Gasteiger partial charge in [-0.2, -0.15) is 0 Å².